The number of hydrogen-bond donors (Lipinski definition) is 1. The Bertz CT molecular complexity index is 159. The lowest BCUT2D eigenvalue weighted by molar-refractivity contribution is -0.0915. The summed E-state index contributed by atoms with van der Waals surface area (Å²) >= 11 is 0. The van der Waals surface area contributed by atoms with Crippen molar-refractivity contribution in [3.8, 4) is 0 Å². The summed E-state index contributed by atoms with van der Waals surface area (Å²) in [6.07, 6.45) is 1.91. The molecule has 0 aromatic heterocycles. The SMILES string of the molecule is C=C(CC)CC(O)C(C)(CC)OC. The lowest BCUT2D eigenvalue weighted by Crippen LogP contribution is -2.40. The van der Waals surface area contributed by atoms with Crippen LogP contribution in [0.25, 0.3) is 0 Å². The van der Waals surface area contributed by atoms with Gasteiger partial charge < -0.3 is 9.84 Å². The monoisotopic (exact) mass is 186 g/mol. The first-order valence-electron chi connectivity index (χ1n) is 4.90. The van der Waals surface area contributed by atoms with Gasteiger partial charge in [0.25, 0.3) is 0 Å². The molecule has 0 saturated carbocycles. The first-order chi connectivity index (χ1) is 6.00. The molecule has 13 heavy (non-hydrogen) atoms. The van der Waals surface area contributed by atoms with Crippen molar-refractivity contribution >= 4 is 0 Å². The molecule has 2 heteroatoms. The van der Waals surface area contributed by atoms with Gasteiger partial charge in [-0.15, -0.1) is 0 Å². The average molecular weight is 186 g/mol. The van der Waals surface area contributed by atoms with E-state index in [0.717, 1.165) is 18.4 Å². The second-order valence-electron chi connectivity index (χ2n) is 3.69. The molecule has 0 amide bonds. The summed E-state index contributed by atoms with van der Waals surface area (Å²) in [5.74, 6) is 0. The van der Waals surface area contributed by atoms with E-state index in [0.29, 0.717) is 6.42 Å². The van der Waals surface area contributed by atoms with E-state index in [1.807, 2.05) is 20.8 Å². The predicted octanol–water partition coefficient (Wildman–Crippen LogP) is 2.52. The van der Waals surface area contributed by atoms with Crippen LogP contribution in [0.2, 0.25) is 0 Å². The highest BCUT2D eigenvalue weighted by atomic mass is 16.5. The van der Waals surface area contributed by atoms with Gasteiger partial charge in [-0.25, -0.2) is 0 Å². The number of rotatable bonds is 6. The molecule has 0 aliphatic rings. The molecule has 0 rings (SSSR count). The van der Waals surface area contributed by atoms with Crippen LogP contribution in [0.5, 0.6) is 0 Å². The first kappa shape index (κ1) is 12.7. The highest BCUT2D eigenvalue weighted by molar-refractivity contribution is 4.99. The molecule has 0 heterocycles. The third-order valence-electron chi connectivity index (χ3n) is 2.86. The summed E-state index contributed by atoms with van der Waals surface area (Å²) in [7, 11) is 1.64. The van der Waals surface area contributed by atoms with Gasteiger partial charge in [0.05, 0.1) is 11.7 Å². The third kappa shape index (κ3) is 3.49. The quantitative estimate of drug-likeness (QED) is 0.646. The van der Waals surface area contributed by atoms with E-state index in [4.69, 9.17) is 4.74 Å². The van der Waals surface area contributed by atoms with Crippen molar-refractivity contribution in [1.82, 2.24) is 0 Å². The largest absolute Gasteiger partial charge is 0.390 e. The molecule has 0 spiro atoms. The summed E-state index contributed by atoms with van der Waals surface area (Å²) in [4.78, 5) is 0. The summed E-state index contributed by atoms with van der Waals surface area (Å²) < 4.78 is 5.30. The van der Waals surface area contributed by atoms with Crippen LogP contribution in [0.1, 0.15) is 40.0 Å². The van der Waals surface area contributed by atoms with Gasteiger partial charge in [-0.2, -0.15) is 0 Å². The Morgan fingerprint density at radius 1 is 1.54 bits per heavy atom. The van der Waals surface area contributed by atoms with Gasteiger partial charge in [-0.1, -0.05) is 26.0 Å². The molecule has 0 saturated heterocycles. The molecule has 0 radical (unpaired) electrons. The summed E-state index contributed by atoms with van der Waals surface area (Å²) in [5.41, 5.74) is 0.641. The lowest BCUT2D eigenvalue weighted by Gasteiger charge is -2.32. The first-order valence-corrected chi connectivity index (χ1v) is 4.90. The third-order valence-corrected chi connectivity index (χ3v) is 2.86. The van der Waals surface area contributed by atoms with Gasteiger partial charge in [0, 0.05) is 7.11 Å². The normalized spacial score (nSPS) is 17.9. The molecule has 1 N–H and O–H groups in total. The Hall–Kier alpha value is -0.340. The van der Waals surface area contributed by atoms with Crippen LogP contribution in [0.3, 0.4) is 0 Å². The zero-order valence-corrected chi connectivity index (χ0v) is 9.26. The van der Waals surface area contributed by atoms with Gasteiger partial charge in [-0.3, -0.25) is 0 Å². The molecule has 0 fully saturated rings. The Balaban J connectivity index is 4.21. The van der Waals surface area contributed by atoms with E-state index in [1.165, 1.54) is 0 Å². The van der Waals surface area contributed by atoms with Crippen molar-refractivity contribution in [3.05, 3.63) is 12.2 Å². The fraction of sp³-hybridized carbons (Fsp3) is 0.818. The van der Waals surface area contributed by atoms with Crippen molar-refractivity contribution in [2.24, 2.45) is 0 Å². The maximum absolute atomic E-state index is 9.88. The van der Waals surface area contributed by atoms with Crippen molar-refractivity contribution in [3.63, 3.8) is 0 Å². The van der Waals surface area contributed by atoms with Crippen LogP contribution < -0.4 is 0 Å². The van der Waals surface area contributed by atoms with Crippen molar-refractivity contribution in [1.29, 1.82) is 0 Å². The van der Waals surface area contributed by atoms with Gasteiger partial charge in [0.2, 0.25) is 0 Å². The molecule has 0 bridgehead atoms. The van der Waals surface area contributed by atoms with Crippen molar-refractivity contribution in [2.75, 3.05) is 7.11 Å². The molecule has 2 unspecified atom stereocenters. The second kappa shape index (κ2) is 5.40. The van der Waals surface area contributed by atoms with Crippen LogP contribution in [-0.4, -0.2) is 23.9 Å². The van der Waals surface area contributed by atoms with Gasteiger partial charge in [0.1, 0.15) is 0 Å². The Labute approximate surface area is 81.6 Å². The Morgan fingerprint density at radius 3 is 2.38 bits per heavy atom. The number of aliphatic hydroxyl groups excluding tert-OH is 1. The standard InChI is InChI=1S/C11H22O2/c1-6-9(3)8-10(12)11(4,7-2)13-5/h10,12H,3,6-8H2,1-2,4-5H3. The van der Waals surface area contributed by atoms with E-state index in [2.05, 4.69) is 6.58 Å². The molecule has 0 aromatic rings. The molecule has 0 aliphatic heterocycles. The van der Waals surface area contributed by atoms with E-state index in [1.54, 1.807) is 7.11 Å². The number of ether oxygens (including phenoxy) is 1. The van der Waals surface area contributed by atoms with Crippen molar-refractivity contribution in [2.45, 2.75) is 51.7 Å². The van der Waals surface area contributed by atoms with Crippen LogP contribution in [-0.2, 0) is 4.74 Å². The van der Waals surface area contributed by atoms with Crippen LogP contribution in [0.15, 0.2) is 12.2 Å². The Kier molecular flexibility index (Phi) is 5.26. The van der Waals surface area contributed by atoms with E-state index < -0.39 is 11.7 Å². The highest BCUT2D eigenvalue weighted by Gasteiger charge is 2.30. The number of hydrogen-bond acceptors (Lipinski definition) is 2. The maximum Gasteiger partial charge on any atom is 0.0908 e. The van der Waals surface area contributed by atoms with E-state index in [-0.39, 0.29) is 0 Å². The molecular formula is C11H22O2. The predicted molar refractivity (Wildman–Crippen MR) is 55.8 cm³/mol. The lowest BCUT2D eigenvalue weighted by atomic mass is 9.90. The van der Waals surface area contributed by atoms with Gasteiger partial charge in [0.15, 0.2) is 0 Å². The van der Waals surface area contributed by atoms with Crippen LogP contribution in [0, 0.1) is 0 Å². The zero-order valence-electron chi connectivity index (χ0n) is 9.26. The number of methoxy groups -OCH3 is 1. The highest BCUT2D eigenvalue weighted by Crippen LogP contribution is 2.24. The minimum absolute atomic E-state index is 0.432. The fourth-order valence-corrected chi connectivity index (χ4v) is 1.15. The zero-order chi connectivity index (χ0) is 10.5. The molecular weight excluding hydrogens is 164 g/mol. The minimum atomic E-state index is -0.449. The molecule has 0 aromatic carbocycles. The fourth-order valence-electron chi connectivity index (χ4n) is 1.15. The van der Waals surface area contributed by atoms with Gasteiger partial charge >= 0.3 is 0 Å². The van der Waals surface area contributed by atoms with Crippen LogP contribution in [0.4, 0.5) is 0 Å². The van der Waals surface area contributed by atoms with E-state index >= 15 is 0 Å². The molecule has 2 nitrogen and oxygen atoms in total. The van der Waals surface area contributed by atoms with E-state index in [9.17, 15) is 5.11 Å². The maximum atomic E-state index is 9.88. The molecule has 2 atom stereocenters. The smallest absolute Gasteiger partial charge is 0.0908 e. The van der Waals surface area contributed by atoms with Crippen molar-refractivity contribution < 1.29 is 9.84 Å². The summed E-state index contributed by atoms with van der Waals surface area (Å²) in [6, 6.07) is 0. The average Bonchev–Trinajstić information content (AvgIpc) is 2.16. The molecule has 0 aliphatic carbocycles. The topological polar surface area (TPSA) is 29.5 Å². The summed E-state index contributed by atoms with van der Waals surface area (Å²) in [6.45, 7) is 9.87. The van der Waals surface area contributed by atoms with Gasteiger partial charge in [-0.05, 0) is 26.2 Å². The molecule has 78 valence electrons. The summed E-state index contributed by atoms with van der Waals surface area (Å²) in [5, 5.41) is 9.88. The minimum Gasteiger partial charge on any atom is -0.390 e. The second-order valence-corrected chi connectivity index (χ2v) is 3.69. The number of aliphatic hydroxyl groups is 1. The Morgan fingerprint density at radius 2 is 2.08 bits per heavy atom. The van der Waals surface area contributed by atoms with Crippen LogP contribution >= 0.6 is 0 Å².